The van der Waals surface area contributed by atoms with Gasteiger partial charge < -0.3 is 11.5 Å². The Labute approximate surface area is 73.6 Å². The fourth-order valence-corrected chi connectivity index (χ4v) is 1.27. The SMILES string of the molecule is Cc1c(N)cccc1C[C@H](C)N. The van der Waals surface area contributed by atoms with Crippen molar-refractivity contribution in [1.82, 2.24) is 0 Å². The van der Waals surface area contributed by atoms with E-state index in [4.69, 9.17) is 11.5 Å². The Bertz CT molecular complexity index is 267. The predicted octanol–water partition coefficient (Wildman–Crippen LogP) is 1.47. The van der Waals surface area contributed by atoms with Crippen molar-refractivity contribution in [3.05, 3.63) is 29.3 Å². The largest absolute Gasteiger partial charge is 0.399 e. The molecule has 1 aromatic carbocycles. The summed E-state index contributed by atoms with van der Waals surface area (Å²) in [7, 11) is 0. The zero-order valence-electron chi connectivity index (χ0n) is 7.67. The van der Waals surface area contributed by atoms with Crippen LogP contribution in [0.4, 0.5) is 5.69 Å². The minimum absolute atomic E-state index is 0.200. The van der Waals surface area contributed by atoms with Crippen LogP contribution in [0.1, 0.15) is 18.1 Å². The van der Waals surface area contributed by atoms with Gasteiger partial charge in [0, 0.05) is 11.7 Å². The van der Waals surface area contributed by atoms with Crippen LogP contribution in [-0.2, 0) is 6.42 Å². The van der Waals surface area contributed by atoms with Crippen molar-refractivity contribution in [3.8, 4) is 0 Å². The van der Waals surface area contributed by atoms with E-state index in [9.17, 15) is 0 Å². The van der Waals surface area contributed by atoms with Crippen molar-refractivity contribution in [1.29, 1.82) is 0 Å². The second kappa shape index (κ2) is 3.59. The molecule has 0 radical (unpaired) electrons. The summed E-state index contributed by atoms with van der Waals surface area (Å²) in [6.45, 7) is 4.04. The van der Waals surface area contributed by atoms with Crippen molar-refractivity contribution < 1.29 is 0 Å². The van der Waals surface area contributed by atoms with Gasteiger partial charge in [-0.2, -0.15) is 0 Å². The van der Waals surface area contributed by atoms with E-state index >= 15 is 0 Å². The molecule has 0 aromatic heterocycles. The average molecular weight is 164 g/mol. The standard InChI is InChI=1S/C10H16N2/c1-7(11)6-9-4-3-5-10(12)8(9)2/h3-5,7H,6,11-12H2,1-2H3/t7-/m0/s1. The topological polar surface area (TPSA) is 52.0 Å². The molecule has 1 aromatic rings. The molecule has 0 heterocycles. The number of anilines is 1. The molecule has 0 bridgehead atoms. The van der Waals surface area contributed by atoms with Gasteiger partial charge in [-0.3, -0.25) is 0 Å². The molecule has 0 aliphatic rings. The van der Waals surface area contributed by atoms with Gasteiger partial charge in [0.15, 0.2) is 0 Å². The summed E-state index contributed by atoms with van der Waals surface area (Å²) in [4.78, 5) is 0. The van der Waals surface area contributed by atoms with E-state index in [1.54, 1.807) is 0 Å². The fraction of sp³-hybridized carbons (Fsp3) is 0.400. The van der Waals surface area contributed by atoms with Crippen LogP contribution in [0.15, 0.2) is 18.2 Å². The molecule has 0 saturated carbocycles. The lowest BCUT2D eigenvalue weighted by molar-refractivity contribution is 0.735. The van der Waals surface area contributed by atoms with Crippen LogP contribution in [0.5, 0.6) is 0 Å². The molecule has 0 spiro atoms. The molecule has 2 heteroatoms. The molecular weight excluding hydrogens is 148 g/mol. The highest BCUT2D eigenvalue weighted by atomic mass is 14.6. The van der Waals surface area contributed by atoms with Crippen LogP contribution in [0.2, 0.25) is 0 Å². The van der Waals surface area contributed by atoms with Gasteiger partial charge in [0.05, 0.1) is 0 Å². The van der Waals surface area contributed by atoms with E-state index in [0.717, 1.165) is 17.7 Å². The molecule has 0 saturated heterocycles. The number of nitrogens with two attached hydrogens (primary N) is 2. The van der Waals surface area contributed by atoms with Gasteiger partial charge in [0.25, 0.3) is 0 Å². The van der Waals surface area contributed by atoms with Gasteiger partial charge in [-0.25, -0.2) is 0 Å². The van der Waals surface area contributed by atoms with Crippen molar-refractivity contribution in [3.63, 3.8) is 0 Å². The van der Waals surface area contributed by atoms with Crippen molar-refractivity contribution in [2.24, 2.45) is 5.73 Å². The Balaban J connectivity index is 2.92. The molecule has 0 fully saturated rings. The van der Waals surface area contributed by atoms with Gasteiger partial charge >= 0.3 is 0 Å². The molecule has 0 unspecified atom stereocenters. The fourth-order valence-electron chi connectivity index (χ4n) is 1.27. The molecular formula is C10H16N2. The normalized spacial score (nSPS) is 12.9. The van der Waals surface area contributed by atoms with Crippen LogP contribution in [0.3, 0.4) is 0 Å². The summed E-state index contributed by atoms with van der Waals surface area (Å²) in [5.74, 6) is 0. The number of rotatable bonds is 2. The zero-order chi connectivity index (χ0) is 9.14. The van der Waals surface area contributed by atoms with Crippen LogP contribution in [0.25, 0.3) is 0 Å². The van der Waals surface area contributed by atoms with Gasteiger partial charge in [0.2, 0.25) is 0 Å². The smallest absolute Gasteiger partial charge is 0.0346 e. The predicted molar refractivity (Wildman–Crippen MR) is 52.9 cm³/mol. The third kappa shape index (κ3) is 1.98. The lowest BCUT2D eigenvalue weighted by Gasteiger charge is -2.09. The molecule has 12 heavy (non-hydrogen) atoms. The van der Waals surface area contributed by atoms with Crippen LogP contribution in [0, 0.1) is 6.92 Å². The molecule has 2 nitrogen and oxygen atoms in total. The van der Waals surface area contributed by atoms with E-state index < -0.39 is 0 Å². The Morgan fingerprint density at radius 3 is 2.67 bits per heavy atom. The minimum Gasteiger partial charge on any atom is -0.399 e. The van der Waals surface area contributed by atoms with E-state index in [1.807, 2.05) is 26.0 Å². The molecule has 0 aliphatic carbocycles. The summed E-state index contributed by atoms with van der Waals surface area (Å²) >= 11 is 0. The molecule has 1 rings (SSSR count). The molecule has 1 atom stereocenters. The molecule has 0 aliphatic heterocycles. The number of nitrogen functional groups attached to an aromatic ring is 1. The van der Waals surface area contributed by atoms with Crippen LogP contribution in [-0.4, -0.2) is 6.04 Å². The van der Waals surface area contributed by atoms with Crippen molar-refractivity contribution >= 4 is 5.69 Å². The van der Waals surface area contributed by atoms with Crippen molar-refractivity contribution in [2.75, 3.05) is 5.73 Å². The molecule has 0 amide bonds. The van der Waals surface area contributed by atoms with E-state index in [1.165, 1.54) is 5.56 Å². The maximum absolute atomic E-state index is 5.76. The average Bonchev–Trinajstić information content (AvgIpc) is 1.98. The first-order valence-electron chi connectivity index (χ1n) is 4.21. The second-order valence-corrected chi connectivity index (χ2v) is 3.31. The van der Waals surface area contributed by atoms with E-state index in [-0.39, 0.29) is 6.04 Å². The maximum Gasteiger partial charge on any atom is 0.0346 e. The Hall–Kier alpha value is -1.02. The van der Waals surface area contributed by atoms with Gasteiger partial charge in [-0.05, 0) is 37.5 Å². The summed E-state index contributed by atoms with van der Waals surface area (Å²) in [6, 6.07) is 6.17. The monoisotopic (exact) mass is 164 g/mol. The minimum atomic E-state index is 0.200. The van der Waals surface area contributed by atoms with Gasteiger partial charge in [-0.15, -0.1) is 0 Å². The number of benzene rings is 1. The van der Waals surface area contributed by atoms with E-state index in [0.29, 0.717) is 0 Å². The summed E-state index contributed by atoms with van der Waals surface area (Å²) < 4.78 is 0. The summed E-state index contributed by atoms with van der Waals surface area (Å²) in [5.41, 5.74) is 14.7. The first-order valence-corrected chi connectivity index (χ1v) is 4.21. The first kappa shape index (κ1) is 9.07. The quantitative estimate of drug-likeness (QED) is 0.650. The Morgan fingerprint density at radius 2 is 2.08 bits per heavy atom. The summed E-state index contributed by atoms with van der Waals surface area (Å²) in [5, 5.41) is 0. The highest BCUT2D eigenvalue weighted by Crippen LogP contribution is 2.16. The lowest BCUT2D eigenvalue weighted by atomic mass is 10.0. The third-order valence-electron chi connectivity index (χ3n) is 2.03. The highest BCUT2D eigenvalue weighted by Gasteiger charge is 2.02. The van der Waals surface area contributed by atoms with Crippen LogP contribution < -0.4 is 11.5 Å². The summed E-state index contributed by atoms with van der Waals surface area (Å²) in [6.07, 6.45) is 0.900. The number of hydrogen-bond acceptors (Lipinski definition) is 2. The van der Waals surface area contributed by atoms with Crippen LogP contribution >= 0.6 is 0 Å². The van der Waals surface area contributed by atoms with Gasteiger partial charge in [0.1, 0.15) is 0 Å². The molecule has 66 valence electrons. The maximum atomic E-state index is 5.76. The van der Waals surface area contributed by atoms with Crippen molar-refractivity contribution in [2.45, 2.75) is 26.3 Å². The highest BCUT2D eigenvalue weighted by molar-refractivity contribution is 5.50. The zero-order valence-corrected chi connectivity index (χ0v) is 7.67. The van der Waals surface area contributed by atoms with E-state index in [2.05, 4.69) is 6.07 Å². The first-order chi connectivity index (χ1) is 5.61. The second-order valence-electron chi connectivity index (χ2n) is 3.31. The molecule has 4 N–H and O–H groups in total. The lowest BCUT2D eigenvalue weighted by Crippen LogP contribution is -2.18. The van der Waals surface area contributed by atoms with Gasteiger partial charge in [-0.1, -0.05) is 12.1 Å². The third-order valence-corrected chi connectivity index (χ3v) is 2.03. The Morgan fingerprint density at radius 1 is 1.42 bits per heavy atom. The number of hydrogen-bond donors (Lipinski definition) is 2. The Kier molecular flexibility index (Phi) is 2.71.